The molecule has 1 fully saturated rings. The molecule has 1 atom stereocenters. The van der Waals surface area contributed by atoms with E-state index in [4.69, 9.17) is 9.26 Å². The van der Waals surface area contributed by atoms with Gasteiger partial charge < -0.3 is 9.26 Å². The van der Waals surface area contributed by atoms with Gasteiger partial charge in [0.1, 0.15) is 4.75 Å². The maximum atomic E-state index is 12.8. The van der Waals surface area contributed by atoms with Gasteiger partial charge in [0.05, 0.1) is 11.4 Å². The van der Waals surface area contributed by atoms with Crippen molar-refractivity contribution < 1.29 is 22.5 Å². The van der Waals surface area contributed by atoms with Crippen molar-refractivity contribution in [2.24, 2.45) is 5.92 Å². The Kier molecular flexibility index (Phi) is 6.26. The van der Waals surface area contributed by atoms with Gasteiger partial charge in [0.15, 0.2) is 9.84 Å². The molecule has 0 aromatic carbocycles. The summed E-state index contributed by atoms with van der Waals surface area (Å²) in [7, 11) is -3.62. The summed E-state index contributed by atoms with van der Waals surface area (Å²) in [6, 6.07) is 1.65. The minimum absolute atomic E-state index is 0.00863. The van der Waals surface area contributed by atoms with Gasteiger partial charge in [0, 0.05) is 25.2 Å². The molecular weight excluding hydrogens is 344 g/mol. The smallest absolute Gasteiger partial charge is 0.247 e. The number of carbonyl (C=O) groups excluding carboxylic acids is 1. The number of hydrogen-bond acceptors (Lipinski definition) is 6. The standard InChI is InChI=1S/C17H28N2O5S/c1-5-12(2)14-10-15(24-19-14)18-16(20)17(3,4)25(21,22)11-13-6-8-23-9-7-13/h10,12-13H,5-9,11H2,1-4H3,(H,18,20). The number of nitrogens with one attached hydrogen (secondary N) is 1. The van der Waals surface area contributed by atoms with Gasteiger partial charge in [-0.3, -0.25) is 10.1 Å². The van der Waals surface area contributed by atoms with E-state index in [0.717, 1.165) is 12.1 Å². The van der Waals surface area contributed by atoms with E-state index in [1.54, 1.807) is 6.07 Å². The highest BCUT2D eigenvalue weighted by Gasteiger charge is 2.43. The molecule has 1 aliphatic heterocycles. The predicted molar refractivity (Wildman–Crippen MR) is 95.2 cm³/mol. The van der Waals surface area contributed by atoms with Gasteiger partial charge in [-0.1, -0.05) is 19.0 Å². The molecule has 0 aliphatic carbocycles. The predicted octanol–water partition coefficient (Wildman–Crippen LogP) is 2.75. The van der Waals surface area contributed by atoms with Crippen LogP contribution in [0.1, 0.15) is 58.6 Å². The summed E-state index contributed by atoms with van der Waals surface area (Å²) in [6.45, 7) is 8.05. The molecule has 142 valence electrons. The molecule has 0 radical (unpaired) electrons. The molecule has 1 N–H and O–H groups in total. The van der Waals surface area contributed by atoms with Gasteiger partial charge in [-0.25, -0.2) is 8.42 Å². The van der Waals surface area contributed by atoms with Crippen LogP contribution >= 0.6 is 0 Å². The maximum Gasteiger partial charge on any atom is 0.247 e. The summed E-state index contributed by atoms with van der Waals surface area (Å²) in [6.07, 6.45) is 2.31. The SMILES string of the molecule is CCC(C)c1cc(NC(=O)C(C)(C)S(=O)(=O)CC2CCOCC2)on1. The number of anilines is 1. The molecule has 1 aromatic heterocycles. The Morgan fingerprint density at radius 3 is 2.64 bits per heavy atom. The van der Waals surface area contributed by atoms with E-state index in [1.165, 1.54) is 13.8 Å². The topological polar surface area (TPSA) is 98.5 Å². The van der Waals surface area contributed by atoms with Crippen molar-refractivity contribution in [3.63, 3.8) is 0 Å². The Bertz CT molecular complexity index is 690. The molecule has 2 heterocycles. The van der Waals surface area contributed by atoms with Crippen LogP contribution < -0.4 is 5.32 Å². The molecule has 0 bridgehead atoms. The van der Waals surface area contributed by atoms with Gasteiger partial charge in [-0.2, -0.15) is 0 Å². The van der Waals surface area contributed by atoms with Crippen LogP contribution in [0.4, 0.5) is 5.88 Å². The van der Waals surface area contributed by atoms with Gasteiger partial charge in [-0.05, 0) is 39.0 Å². The van der Waals surface area contributed by atoms with E-state index in [2.05, 4.69) is 10.5 Å². The van der Waals surface area contributed by atoms with E-state index in [0.29, 0.717) is 26.1 Å². The van der Waals surface area contributed by atoms with Crippen molar-refractivity contribution in [1.82, 2.24) is 5.16 Å². The Hall–Kier alpha value is -1.41. The van der Waals surface area contributed by atoms with Gasteiger partial charge in [-0.15, -0.1) is 0 Å². The first-order valence-electron chi connectivity index (χ1n) is 8.75. The Labute approximate surface area is 149 Å². The molecule has 25 heavy (non-hydrogen) atoms. The molecule has 7 nitrogen and oxygen atoms in total. The van der Waals surface area contributed by atoms with Crippen LogP contribution in [0.5, 0.6) is 0 Å². The summed E-state index contributed by atoms with van der Waals surface area (Å²) >= 11 is 0. The van der Waals surface area contributed by atoms with E-state index in [1.807, 2.05) is 13.8 Å². The van der Waals surface area contributed by atoms with Crippen LogP contribution in [0.25, 0.3) is 0 Å². The maximum absolute atomic E-state index is 12.8. The van der Waals surface area contributed by atoms with Crippen molar-refractivity contribution in [2.45, 2.75) is 57.6 Å². The molecule has 1 aliphatic rings. The number of carbonyl (C=O) groups is 1. The average molecular weight is 372 g/mol. The lowest BCUT2D eigenvalue weighted by Gasteiger charge is -2.28. The number of nitrogens with zero attached hydrogens (tertiary/aromatic N) is 1. The number of sulfone groups is 1. The minimum Gasteiger partial charge on any atom is -0.381 e. The molecule has 1 unspecified atom stereocenters. The first-order valence-corrected chi connectivity index (χ1v) is 10.4. The molecule has 0 spiro atoms. The van der Waals surface area contributed by atoms with Crippen molar-refractivity contribution in [3.8, 4) is 0 Å². The second-order valence-electron chi connectivity index (χ2n) is 7.23. The number of amides is 1. The van der Waals surface area contributed by atoms with Crippen LogP contribution in [-0.2, 0) is 19.4 Å². The second kappa shape index (κ2) is 7.86. The zero-order valence-corrected chi connectivity index (χ0v) is 16.2. The van der Waals surface area contributed by atoms with Gasteiger partial charge in [0.2, 0.25) is 11.8 Å². The lowest BCUT2D eigenvalue weighted by Crippen LogP contribution is -2.47. The molecule has 0 saturated carbocycles. The monoisotopic (exact) mass is 372 g/mol. The fraction of sp³-hybridized carbons (Fsp3) is 0.765. The lowest BCUT2D eigenvalue weighted by molar-refractivity contribution is -0.118. The number of hydrogen-bond donors (Lipinski definition) is 1. The summed E-state index contributed by atoms with van der Waals surface area (Å²) < 4.78 is 34.4. The van der Waals surface area contributed by atoms with E-state index in [9.17, 15) is 13.2 Å². The van der Waals surface area contributed by atoms with Gasteiger partial charge >= 0.3 is 0 Å². The highest BCUT2D eigenvalue weighted by Crippen LogP contribution is 2.27. The summed E-state index contributed by atoms with van der Waals surface area (Å²) in [5.41, 5.74) is 0.737. The van der Waals surface area contributed by atoms with Crippen LogP contribution in [0, 0.1) is 5.92 Å². The quantitative estimate of drug-likeness (QED) is 0.790. The van der Waals surface area contributed by atoms with Crippen LogP contribution in [0.3, 0.4) is 0 Å². The molecule has 1 aromatic rings. The Morgan fingerprint density at radius 1 is 1.40 bits per heavy atom. The van der Waals surface area contributed by atoms with Gasteiger partial charge in [0.25, 0.3) is 0 Å². The molecule has 8 heteroatoms. The highest BCUT2D eigenvalue weighted by atomic mass is 32.2. The summed E-state index contributed by atoms with van der Waals surface area (Å²) in [4.78, 5) is 12.6. The number of ether oxygens (including phenoxy) is 1. The number of aromatic nitrogens is 1. The molecule has 1 saturated heterocycles. The van der Waals surface area contributed by atoms with Crippen molar-refractivity contribution >= 4 is 21.6 Å². The molecular formula is C17H28N2O5S. The zero-order valence-electron chi connectivity index (χ0n) is 15.4. The van der Waals surface area contributed by atoms with Crippen LogP contribution in [0.15, 0.2) is 10.6 Å². The van der Waals surface area contributed by atoms with Crippen molar-refractivity contribution in [2.75, 3.05) is 24.3 Å². The average Bonchev–Trinajstić information content (AvgIpc) is 3.03. The first kappa shape index (κ1) is 19.9. The van der Waals surface area contributed by atoms with Crippen LogP contribution in [-0.4, -0.2) is 43.2 Å². The molecule has 1 amide bonds. The normalized spacial score (nSPS) is 18.1. The first-order chi connectivity index (χ1) is 11.7. The largest absolute Gasteiger partial charge is 0.381 e. The third-order valence-electron chi connectivity index (χ3n) is 5.00. The highest BCUT2D eigenvalue weighted by molar-refractivity contribution is 7.93. The Morgan fingerprint density at radius 2 is 2.04 bits per heavy atom. The molecule has 2 rings (SSSR count). The second-order valence-corrected chi connectivity index (χ2v) is 9.81. The summed E-state index contributed by atoms with van der Waals surface area (Å²) in [5, 5.41) is 6.48. The number of rotatable bonds is 7. The van der Waals surface area contributed by atoms with Crippen molar-refractivity contribution in [1.29, 1.82) is 0 Å². The summed E-state index contributed by atoms with van der Waals surface area (Å²) in [5.74, 6) is -0.195. The minimum atomic E-state index is -3.62. The van der Waals surface area contributed by atoms with E-state index < -0.39 is 20.5 Å². The zero-order chi connectivity index (χ0) is 18.7. The Balaban J connectivity index is 2.06. The van der Waals surface area contributed by atoms with E-state index in [-0.39, 0.29) is 23.5 Å². The fourth-order valence-electron chi connectivity index (χ4n) is 2.62. The third kappa shape index (κ3) is 4.61. The fourth-order valence-corrected chi connectivity index (χ4v) is 4.33. The van der Waals surface area contributed by atoms with Crippen molar-refractivity contribution in [3.05, 3.63) is 11.8 Å². The van der Waals surface area contributed by atoms with E-state index >= 15 is 0 Å². The van der Waals surface area contributed by atoms with Crippen LogP contribution in [0.2, 0.25) is 0 Å². The lowest BCUT2D eigenvalue weighted by atomic mass is 10.0. The third-order valence-corrected chi connectivity index (χ3v) is 7.65.